The van der Waals surface area contributed by atoms with Crippen molar-refractivity contribution in [1.82, 2.24) is 4.72 Å². The number of rotatable bonds is 7. The van der Waals surface area contributed by atoms with Gasteiger partial charge in [-0.3, -0.25) is 0 Å². The smallest absolute Gasteiger partial charge is 0.335 e. The minimum absolute atomic E-state index is 0.203. The zero-order valence-corrected chi connectivity index (χ0v) is 13.2. The van der Waals surface area contributed by atoms with Crippen molar-refractivity contribution in [2.24, 2.45) is 17.8 Å². The molecule has 4 aliphatic carbocycles. The average molecular weight is 313 g/mol. The molecule has 4 bridgehead atoms. The molecular weight excluding hydrogens is 290 g/mol. The predicted molar refractivity (Wildman–Crippen MR) is 79.8 cm³/mol. The van der Waals surface area contributed by atoms with E-state index in [-0.39, 0.29) is 11.6 Å². The van der Waals surface area contributed by atoms with Crippen LogP contribution in [0.5, 0.6) is 0 Å². The van der Waals surface area contributed by atoms with Crippen LogP contribution in [-0.4, -0.2) is 25.2 Å². The fourth-order valence-corrected chi connectivity index (χ4v) is 5.02. The van der Waals surface area contributed by atoms with E-state index >= 15 is 0 Å². The van der Waals surface area contributed by atoms with E-state index in [1.165, 1.54) is 26.4 Å². The van der Waals surface area contributed by atoms with E-state index in [2.05, 4.69) is 20.5 Å². The Morgan fingerprint density at radius 3 is 2.33 bits per heavy atom. The zero-order chi connectivity index (χ0) is 14.9. The fraction of sp³-hybridized carbons (Fsp3) is 0.800. The summed E-state index contributed by atoms with van der Waals surface area (Å²) in [6.45, 7) is 4.12. The van der Waals surface area contributed by atoms with Crippen molar-refractivity contribution in [3.63, 3.8) is 0 Å². The second kappa shape index (κ2) is 6.28. The lowest BCUT2D eigenvalue weighted by Gasteiger charge is -2.55. The molecule has 0 aromatic heterocycles. The normalized spacial score (nSPS) is 36.7. The summed E-state index contributed by atoms with van der Waals surface area (Å²) in [4.78, 5) is 16.7. The van der Waals surface area contributed by atoms with Crippen LogP contribution in [0.4, 0.5) is 0 Å². The molecule has 118 valence electrons. The van der Waals surface area contributed by atoms with Gasteiger partial charge in [-0.1, -0.05) is 6.58 Å². The molecule has 0 saturated heterocycles. The first-order chi connectivity index (χ1) is 10.1. The molecule has 0 aliphatic heterocycles. The van der Waals surface area contributed by atoms with E-state index in [1.807, 2.05) is 0 Å². The van der Waals surface area contributed by atoms with Gasteiger partial charge in [-0.05, 0) is 56.3 Å². The van der Waals surface area contributed by atoms with Crippen LogP contribution < -0.4 is 4.72 Å². The monoisotopic (exact) mass is 313 g/mol. The van der Waals surface area contributed by atoms with Gasteiger partial charge in [0.25, 0.3) is 0 Å². The summed E-state index contributed by atoms with van der Waals surface area (Å²) in [7, 11) is 1.42. The molecule has 0 atom stereocenters. The second-order valence-electron chi connectivity index (χ2n) is 6.73. The minimum atomic E-state index is -0.275. The number of esters is 1. The van der Waals surface area contributed by atoms with Gasteiger partial charge in [0.15, 0.2) is 0 Å². The van der Waals surface area contributed by atoms with E-state index in [0.717, 1.165) is 49.2 Å². The quantitative estimate of drug-likeness (QED) is 0.148. The molecule has 0 aromatic rings. The highest BCUT2D eigenvalue weighted by Gasteiger charge is 2.53. The molecular formula is C15H23NO4S. The van der Waals surface area contributed by atoms with Gasteiger partial charge < -0.3 is 4.74 Å². The van der Waals surface area contributed by atoms with E-state index in [4.69, 9.17) is 4.74 Å². The van der Waals surface area contributed by atoms with Crippen molar-refractivity contribution in [3.8, 4) is 0 Å². The van der Waals surface area contributed by atoms with Crippen LogP contribution in [0.15, 0.2) is 12.2 Å². The third kappa shape index (κ3) is 3.44. The fourth-order valence-electron chi connectivity index (χ4n) is 4.67. The van der Waals surface area contributed by atoms with E-state index < -0.39 is 0 Å². The lowest BCUT2D eigenvalue weighted by molar-refractivity contribution is -0.182. The van der Waals surface area contributed by atoms with Gasteiger partial charge in [0.05, 0.1) is 7.11 Å². The Morgan fingerprint density at radius 2 is 1.81 bits per heavy atom. The molecule has 1 N–H and O–H groups in total. The third-order valence-corrected chi connectivity index (χ3v) is 5.49. The summed E-state index contributed by atoms with van der Waals surface area (Å²) in [5.74, 6) is 2.02. The van der Waals surface area contributed by atoms with E-state index in [9.17, 15) is 4.79 Å². The summed E-state index contributed by atoms with van der Waals surface area (Å²) >= 11 is 0.928. The molecule has 0 amide bonds. The maximum atomic E-state index is 12.2. The van der Waals surface area contributed by atoms with Crippen LogP contribution >= 0.6 is 12.2 Å². The van der Waals surface area contributed by atoms with Crippen molar-refractivity contribution >= 4 is 18.2 Å². The first-order valence-corrected chi connectivity index (χ1v) is 8.35. The number of nitrogens with one attached hydrogen (secondary N) is 1. The van der Waals surface area contributed by atoms with Gasteiger partial charge in [0, 0.05) is 12.1 Å². The Labute approximate surface area is 130 Å². The average Bonchev–Trinajstić information content (AvgIpc) is 2.41. The molecule has 4 fully saturated rings. The minimum Gasteiger partial charge on any atom is -0.456 e. The topological polar surface area (TPSA) is 56.8 Å². The molecule has 0 heterocycles. The van der Waals surface area contributed by atoms with Crippen molar-refractivity contribution in [2.75, 3.05) is 13.7 Å². The summed E-state index contributed by atoms with van der Waals surface area (Å²) in [6, 6.07) is 0. The molecule has 5 nitrogen and oxygen atoms in total. The number of carbonyl (C=O) groups is 1. The summed E-state index contributed by atoms with van der Waals surface area (Å²) < 4.78 is 13.4. The zero-order valence-electron chi connectivity index (χ0n) is 12.4. The summed E-state index contributed by atoms with van der Waals surface area (Å²) in [5.41, 5.74) is 0.225. The third-order valence-electron chi connectivity index (χ3n) is 5.03. The molecule has 0 unspecified atom stereocenters. The molecule has 4 aliphatic rings. The number of ether oxygens (including phenoxy) is 1. The Balaban J connectivity index is 1.51. The van der Waals surface area contributed by atoms with Crippen LogP contribution in [0, 0.1) is 17.8 Å². The highest BCUT2D eigenvalue weighted by Crippen LogP contribution is 2.57. The Kier molecular flexibility index (Phi) is 4.59. The highest BCUT2D eigenvalue weighted by molar-refractivity contribution is 7.92. The van der Waals surface area contributed by atoms with Gasteiger partial charge in [-0.25, -0.2) is 14.4 Å². The van der Waals surface area contributed by atoms with Crippen LogP contribution in [-0.2, 0) is 18.8 Å². The summed E-state index contributed by atoms with van der Waals surface area (Å²) in [5, 5.41) is 0. The van der Waals surface area contributed by atoms with Gasteiger partial charge >= 0.3 is 5.97 Å². The van der Waals surface area contributed by atoms with Gasteiger partial charge in [-0.2, -0.15) is 0 Å². The molecule has 0 radical (unpaired) electrons. The maximum Gasteiger partial charge on any atom is 0.335 e. The molecule has 0 spiro atoms. The van der Waals surface area contributed by atoms with Crippen molar-refractivity contribution < 1.29 is 18.8 Å². The largest absolute Gasteiger partial charge is 0.456 e. The molecule has 0 aromatic carbocycles. The molecule has 4 saturated carbocycles. The van der Waals surface area contributed by atoms with E-state index in [0.29, 0.717) is 12.1 Å². The Bertz CT molecular complexity index is 391. The van der Waals surface area contributed by atoms with Gasteiger partial charge in [0.1, 0.15) is 17.8 Å². The Morgan fingerprint density at radius 1 is 1.24 bits per heavy atom. The second-order valence-corrected chi connectivity index (χ2v) is 7.32. The number of hydrogen-bond acceptors (Lipinski definition) is 6. The van der Waals surface area contributed by atoms with Gasteiger partial charge in [-0.15, -0.1) is 4.33 Å². The first-order valence-electron chi connectivity index (χ1n) is 7.60. The van der Waals surface area contributed by atoms with Crippen LogP contribution in [0.1, 0.15) is 38.5 Å². The van der Waals surface area contributed by atoms with Crippen molar-refractivity contribution in [3.05, 3.63) is 12.2 Å². The van der Waals surface area contributed by atoms with Gasteiger partial charge in [0.2, 0.25) is 0 Å². The SMILES string of the molecule is C=C(CNSOOC)C(=O)OC12CC3CC(CC(C3)C1)C2. The summed E-state index contributed by atoms with van der Waals surface area (Å²) in [6.07, 6.45) is 7.16. The molecule has 21 heavy (non-hydrogen) atoms. The van der Waals surface area contributed by atoms with Crippen molar-refractivity contribution in [1.29, 1.82) is 0 Å². The predicted octanol–water partition coefficient (Wildman–Crippen LogP) is 2.79. The van der Waals surface area contributed by atoms with Crippen LogP contribution in [0.25, 0.3) is 0 Å². The van der Waals surface area contributed by atoms with Crippen molar-refractivity contribution in [2.45, 2.75) is 44.1 Å². The number of hydrogen-bond donors (Lipinski definition) is 1. The standard InChI is InChI=1S/C15H23NO4S/c1-10(9-16-21-20-18-2)14(17)19-15-6-11-3-12(7-15)5-13(4-11)8-15/h11-13,16H,1,3-9H2,2H3. The highest BCUT2D eigenvalue weighted by atomic mass is 32.2. The Hall–Kier alpha value is -0.560. The molecule has 6 heteroatoms. The lowest BCUT2D eigenvalue weighted by atomic mass is 9.54. The lowest BCUT2D eigenvalue weighted by Crippen LogP contribution is -2.53. The van der Waals surface area contributed by atoms with Crippen LogP contribution in [0.3, 0.4) is 0 Å². The first kappa shape index (κ1) is 15.3. The number of carbonyl (C=O) groups excluding carboxylic acids is 1. The maximum absolute atomic E-state index is 12.2. The van der Waals surface area contributed by atoms with Crippen LogP contribution in [0.2, 0.25) is 0 Å². The van der Waals surface area contributed by atoms with E-state index in [1.54, 1.807) is 0 Å². The molecule has 4 rings (SSSR count).